The van der Waals surface area contributed by atoms with Crippen LogP contribution in [-0.2, 0) is 6.54 Å². The Balaban J connectivity index is 2.42. The number of benzene rings is 1. The average Bonchev–Trinajstić information content (AvgIpc) is 2.79. The molecule has 0 saturated heterocycles. The Morgan fingerprint density at radius 3 is 2.52 bits per heavy atom. The van der Waals surface area contributed by atoms with E-state index in [1.54, 1.807) is 4.68 Å². The van der Waals surface area contributed by atoms with Gasteiger partial charge in [-0.05, 0) is 31.9 Å². The smallest absolute Gasteiger partial charge is 0.170 e. The predicted octanol–water partition coefficient (Wildman–Crippen LogP) is 2.54. The molecule has 0 amide bonds. The molecule has 5 heteroatoms. The maximum absolute atomic E-state index is 9.36. The number of nitrogen functional groups attached to an aromatic ring is 1. The highest BCUT2D eigenvalue weighted by Gasteiger charge is 2.19. The van der Waals surface area contributed by atoms with Crippen LogP contribution < -0.4 is 10.6 Å². The summed E-state index contributed by atoms with van der Waals surface area (Å²) >= 11 is 0. The first-order chi connectivity index (χ1) is 10.1. The summed E-state index contributed by atoms with van der Waals surface area (Å²) in [5.41, 5.74) is 8.92. The molecule has 2 rings (SSSR count). The van der Waals surface area contributed by atoms with Gasteiger partial charge in [0.1, 0.15) is 17.5 Å². The molecule has 1 heterocycles. The van der Waals surface area contributed by atoms with E-state index in [0.29, 0.717) is 23.7 Å². The number of nitrogens with two attached hydrogens (primary N) is 1. The van der Waals surface area contributed by atoms with Crippen molar-refractivity contribution in [2.45, 2.75) is 27.3 Å². The summed E-state index contributed by atoms with van der Waals surface area (Å²) in [5, 5.41) is 13.9. The molecule has 0 aliphatic carbocycles. The first-order valence-corrected chi connectivity index (χ1v) is 7.18. The normalized spacial score (nSPS) is 10.4. The summed E-state index contributed by atoms with van der Waals surface area (Å²) in [6.07, 6.45) is 0. The Morgan fingerprint density at radius 1 is 1.29 bits per heavy atom. The van der Waals surface area contributed by atoms with Crippen molar-refractivity contribution in [1.82, 2.24) is 9.78 Å². The van der Waals surface area contributed by atoms with E-state index in [1.165, 1.54) is 5.56 Å². The van der Waals surface area contributed by atoms with Crippen LogP contribution in [0.5, 0.6) is 0 Å². The molecule has 1 aromatic carbocycles. The highest BCUT2D eigenvalue weighted by atomic mass is 15.4. The maximum Gasteiger partial charge on any atom is 0.170 e. The number of nitriles is 1. The van der Waals surface area contributed by atoms with Crippen LogP contribution in [0.25, 0.3) is 0 Å². The first-order valence-electron chi connectivity index (χ1n) is 7.18. The molecular formula is C16H21N5. The lowest BCUT2D eigenvalue weighted by Gasteiger charge is -2.17. The molecular weight excluding hydrogens is 262 g/mol. The number of rotatable bonds is 5. The largest absolute Gasteiger partial charge is 0.383 e. The van der Waals surface area contributed by atoms with E-state index < -0.39 is 0 Å². The number of anilines is 2. The number of hydrogen-bond acceptors (Lipinski definition) is 4. The third-order valence-electron chi connectivity index (χ3n) is 3.73. The highest BCUT2D eigenvalue weighted by Crippen LogP contribution is 2.25. The second-order valence-corrected chi connectivity index (χ2v) is 4.95. The van der Waals surface area contributed by atoms with E-state index >= 15 is 0 Å². The van der Waals surface area contributed by atoms with Gasteiger partial charge in [-0.15, -0.1) is 0 Å². The zero-order chi connectivity index (χ0) is 15.4. The van der Waals surface area contributed by atoms with E-state index in [-0.39, 0.29) is 0 Å². The molecule has 0 unspecified atom stereocenters. The van der Waals surface area contributed by atoms with Gasteiger partial charge in [-0.2, -0.15) is 10.4 Å². The Kier molecular flexibility index (Phi) is 4.49. The fourth-order valence-electron chi connectivity index (χ4n) is 2.38. The SMILES string of the molecule is CCN(CC)c1nn(Cc2ccccc2C)c(N)c1C#N. The van der Waals surface area contributed by atoms with Gasteiger partial charge >= 0.3 is 0 Å². The van der Waals surface area contributed by atoms with Gasteiger partial charge in [0.2, 0.25) is 0 Å². The minimum absolute atomic E-state index is 0.433. The molecule has 21 heavy (non-hydrogen) atoms. The van der Waals surface area contributed by atoms with Crippen molar-refractivity contribution in [2.75, 3.05) is 23.7 Å². The minimum atomic E-state index is 0.433. The van der Waals surface area contributed by atoms with Crippen LogP contribution in [0.15, 0.2) is 24.3 Å². The zero-order valence-electron chi connectivity index (χ0n) is 12.8. The molecule has 2 aromatic rings. The van der Waals surface area contributed by atoms with Crippen LogP contribution in [0.2, 0.25) is 0 Å². The van der Waals surface area contributed by atoms with Gasteiger partial charge in [-0.1, -0.05) is 24.3 Å². The van der Waals surface area contributed by atoms with E-state index in [0.717, 1.165) is 18.7 Å². The van der Waals surface area contributed by atoms with Gasteiger partial charge in [-0.3, -0.25) is 0 Å². The summed E-state index contributed by atoms with van der Waals surface area (Å²) in [6, 6.07) is 10.3. The van der Waals surface area contributed by atoms with Crippen LogP contribution in [-0.4, -0.2) is 22.9 Å². The van der Waals surface area contributed by atoms with Gasteiger partial charge in [0.15, 0.2) is 5.82 Å². The van der Waals surface area contributed by atoms with Gasteiger partial charge in [0.25, 0.3) is 0 Å². The zero-order valence-corrected chi connectivity index (χ0v) is 12.8. The fraction of sp³-hybridized carbons (Fsp3) is 0.375. The molecule has 5 nitrogen and oxygen atoms in total. The van der Waals surface area contributed by atoms with Crippen molar-refractivity contribution in [3.8, 4) is 6.07 Å². The lowest BCUT2D eigenvalue weighted by Crippen LogP contribution is -2.23. The van der Waals surface area contributed by atoms with Crippen molar-refractivity contribution in [3.05, 3.63) is 41.0 Å². The van der Waals surface area contributed by atoms with Gasteiger partial charge in [-0.25, -0.2) is 4.68 Å². The molecule has 0 aliphatic rings. The highest BCUT2D eigenvalue weighted by molar-refractivity contribution is 5.65. The van der Waals surface area contributed by atoms with Gasteiger partial charge in [0.05, 0.1) is 6.54 Å². The fourth-order valence-corrected chi connectivity index (χ4v) is 2.38. The van der Waals surface area contributed by atoms with Crippen molar-refractivity contribution in [3.63, 3.8) is 0 Å². The second-order valence-electron chi connectivity index (χ2n) is 4.95. The Hall–Kier alpha value is -2.48. The van der Waals surface area contributed by atoms with Crippen molar-refractivity contribution in [2.24, 2.45) is 0 Å². The third kappa shape index (κ3) is 2.84. The molecule has 2 N–H and O–H groups in total. The number of aromatic nitrogens is 2. The lowest BCUT2D eigenvalue weighted by molar-refractivity contribution is 0.684. The van der Waals surface area contributed by atoms with Gasteiger partial charge in [0, 0.05) is 13.1 Å². The van der Waals surface area contributed by atoms with Crippen molar-refractivity contribution >= 4 is 11.6 Å². The van der Waals surface area contributed by atoms with Gasteiger partial charge < -0.3 is 10.6 Å². The monoisotopic (exact) mass is 283 g/mol. The number of hydrogen-bond donors (Lipinski definition) is 1. The quantitative estimate of drug-likeness (QED) is 0.915. The van der Waals surface area contributed by atoms with Crippen molar-refractivity contribution in [1.29, 1.82) is 5.26 Å². The van der Waals surface area contributed by atoms with Crippen LogP contribution >= 0.6 is 0 Å². The second kappa shape index (κ2) is 6.31. The summed E-state index contributed by atoms with van der Waals surface area (Å²) in [5.74, 6) is 1.11. The topological polar surface area (TPSA) is 70.9 Å². The molecule has 0 fully saturated rings. The lowest BCUT2D eigenvalue weighted by atomic mass is 10.1. The average molecular weight is 283 g/mol. The third-order valence-corrected chi connectivity index (χ3v) is 3.73. The molecule has 110 valence electrons. The number of nitrogens with zero attached hydrogens (tertiary/aromatic N) is 4. The van der Waals surface area contributed by atoms with Crippen LogP contribution in [0.4, 0.5) is 11.6 Å². The van der Waals surface area contributed by atoms with Crippen LogP contribution in [0.3, 0.4) is 0 Å². The first kappa shape index (κ1) is 14.9. The molecule has 1 aromatic heterocycles. The molecule has 0 bridgehead atoms. The van der Waals surface area contributed by atoms with Crippen LogP contribution in [0.1, 0.15) is 30.5 Å². The predicted molar refractivity (Wildman–Crippen MR) is 85.2 cm³/mol. The van der Waals surface area contributed by atoms with Crippen molar-refractivity contribution < 1.29 is 0 Å². The molecule has 0 spiro atoms. The minimum Gasteiger partial charge on any atom is -0.383 e. The number of aryl methyl sites for hydroxylation is 1. The van der Waals surface area contributed by atoms with E-state index in [4.69, 9.17) is 5.73 Å². The summed E-state index contributed by atoms with van der Waals surface area (Å²) in [4.78, 5) is 2.04. The Labute approximate surface area is 125 Å². The Bertz CT molecular complexity index is 662. The van der Waals surface area contributed by atoms with E-state index in [2.05, 4.69) is 30.2 Å². The molecule has 0 aliphatic heterocycles. The standard InChI is InChI=1S/C16H21N5/c1-4-20(5-2)16-14(10-17)15(18)21(19-16)11-13-9-7-6-8-12(13)3/h6-9H,4-5,11,18H2,1-3H3. The molecule has 0 saturated carbocycles. The van der Waals surface area contributed by atoms with E-state index in [9.17, 15) is 5.26 Å². The maximum atomic E-state index is 9.36. The summed E-state index contributed by atoms with van der Waals surface area (Å²) < 4.78 is 1.72. The molecule has 0 radical (unpaired) electrons. The summed E-state index contributed by atoms with van der Waals surface area (Å²) in [7, 11) is 0. The van der Waals surface area contributed by atoms with E-state index in [1.807, 2.05) is 30.9 Å². The summed E-state index contributed by atoms with van der Waals surface area (Å²) in [6.45, 7) is 8.32. The molecule has 0 atom stereocenters. The Morgan fingerprint density at radius 2 is 1.95 bits per heavy atom. The van der Waals surface area contributed by atoms with Crippen LogP contribution in [0, 0.1) is 18.3 Å².